The van der Waals surface area contributed by atoms with E-state index in [0.717, 1.165) is 24.8 Å². The maximum atomic E-state index is 6.18. The van der Waals surface area contributed by atoms with Gasteiger partial charge in [-0.15, -0.1) is 0 Å². The van der Waals surface area contributed by atoms with E-state index in [-0.39, 0.29) is 12.1 Å². The Balaban J connectivity index is 1.90. The summed E-state index contributed by atoms with van der Waals surface area (Å²) in [6.45, 7) is 1.96. The van der Waals surface area contributed by atoms with Gasteiger partial charge in [0.1, 0.15) is 6.10 Å². The standard InChI is InChI=1S/C17H20N2O/c1-12(18)14-9-5-11-19-17(14)20-16-10-4-7-13-6-2-3-8-15(13)16/h2-3,5-6,8-9,11-12,16H,4,7,10,18H2,1H3/t12-,16?/m0/s1. The van der Waals surface area contributed by atoms with Crippen LogP contribution in [0, 0.1) is 0 Å². The molecular weight excluding hydrogens is 248 g/mol. The van der Waals surface area contributed by atoms with Crippen LogP contribution >= 0.6 is 0 Å². The molecule has 1 aliphatic carbocycles. The maximum Gasteiger partial charge on any atom is 0.218 e. The van der Waals surface area contributed by atoms with E-state index in [0.29, 0.717) is 5.88 Å². The Kier molecular flexibility index (Phi) is 3.70. The highest BCUT2D eigenvalue weighted by molar-refractivity contribution is 5.34. The third-order valence-corrected chi connectivity index (χ3v) is 3.86. The second kappa shape index (κ2) is 5.63. The van der Waals surface area contributed by atoms with Gasteiger partial charge in [0.05, 0.1) is 0 Å². The Morgan fingerprint density at radius 3 is 2.95 bits per heavy atom. The van der Waals surface area contributed by atoms with Gasteiger partial charge >= 0.3 is 0 Å². The first-order chi connectivity index (χ1) is 9.75. The van der Waals surface area contributed by atoms with Crippen LogP contribution in [0.4, 0.5) is 0 Å². The minimum absolute atomic E-state index is 0.0717. The largest absolute Gasteiger partial charge is 0.469 e. The van der Waals surface area contributed by atoms with E-state index in [1.165, 1.54) is 11.1 Å². The Bertz CT molecular complexity index is 595. The van der Waals surface area contributed by atoms with E-state index in [4.69, 9.17) is 10.5 Å². The number of fused-ring (bicyclic) bond motifs is 1. The molecule has 2 aromatic rings. The Labute approximate surface area is 119 Å². The van der Waals surface area contributed by atoms with Crippen LogP contribution in [0.2, 0.25) is 0 Å². The topological polar surface area (TPSA) is 48.1 Å². The maximum absolute atomic E-state index is 6.18. The molecule has 20 heavy (non-hydrogen) atoms. The summed E-state index contributed by atoms with van der Waals surface area (Å²) in [4.78, 5) is 4.36. The molecule has 0 aliphatic heterocycles. The lowest BCUT2D eigenvalue weighted by Crippen LogP contribution is -2.17. The predicted molar refractivity (Wildman–Crippen MR) is 79.6 cm³/mol. The summed E-state index contributed by atoms with van der Waals surface area (Å²) in [5, 5.41) is 0. The molecule has 3 heteroatoms. The third-order valence-electron chi connectivity index (χ3n) is 3.86. The molecule has 0 saturated heterocycles. The zero-order valence-electron chi connectivity index (χ0n) is 11.8. The number of aryl methyl sites for hydroxylation is 1. The Hall–Kier alpha value is -1.87. The van der Waals surface area contributed by atoms with Gasteiger partial charge in [-0.2, -0.15) is 0 Å². The third kappa shape index (κ3) is 2.54. The van der Waals surface area contributed by atoms with Crippen LogP contribution in [0.5, 0.6) is 5.88 Å². The zero-order chi connectivity index (χ0) is 13.9. The lowest BCUT2D eigenvalue weighted by atomic mass is 9.89. The summed E-state index contributed by atoms with van der Waals surface area (Å²) < 4.78 is 6.18. The number of ether oxygens (including phenoxy) is 1. The second-order valence-electron chi connectivity index (χ2n) is 5.38. The first-order valence-corrected chi connectivity index (χ1v) is 7.20. The normalized spacial score (nSPS) is 19.2. The van der Waals surface area contributed by atoms with E-state index in [9.17, 15) is 0 Å². The van der Waals surface area contributed by atoms with Crippen molar-refractivity contribution in [1.29, 1.82) is 0 Å². The summed E-state index contributed by atoms with van der Waals surface area (Å²) in [6.07, 6.45) is 5.18. The number of hydrogen-bond donors (Lipinski definition) is 1. The average molecular weight is 268 g/mol. The van der Waals surface area contributed by atoms with E-state index in [2.05, 4.69) is 29.2 Å². The van der Waals surface area contributed by atoms with Crippen LogP contribution in [0.15, 0.2) is 42.6 Å². The van der Waals surface area contributed by atoms with Crippen LogP contribution in [-0.2, 0) is 6.42 Å². The van der Waals surface area contributed by atoms with E-state index in [1.807, 2.05) is 19.1 Å². The number of rotatable bonds is 3. The monoisotopic (exact) mass is 268 g/mol. The summed E-state index contributed by atoms with van der Waals surface area (Å²) in [5.74, 6) is 0.671. The van der Waals surface area contributed by atoms with Crippen molar-refractivity contribution < 1.29 is 4.74 Å². The number of nitrogens with two attached hydrogens (primary N) is 1. The van der Waals surface area contributed by atoms with Crippen LogP contribution in [-0.4, -0.2) is 4.98 Å². The first kappa shape index (κ1) is 13.1. The smallest absolute Gasteiger partial charge is 0.218 e. The number of nitrogens with zero attached hydrogens (tertiary/aromatic N) is 1. The van der Waals surface area contributed by atoms with Gasteiger partial charge in [-0.1, -0.05) is 30.3 Å². The molecule has 0 radical (unpaired) electrons. The van der Waals surface area contributed by atoms with Crippen molar-refractivity contribution in [1.82, 2.24) is 4.98 Å². The summed E-state index contributed by atoms with van der Waals surface area (Å²) in [7, 11) is 0. The van der Waals surface area contributed by atoms with Gasteiger partial charge in [-0.3, -0.25) is 0 Å². The van der Waals surface area contributed by atoms with Crippen molar-refractivity contribution in [2.75, 3.05) is 0 Å². The van der Waals surface area contributed by atoms with Gasteiger partial charge in [-0.25, -0.2) is 4.98 Å². The zero-order valence-corrected chi connectivity index (χ0v) is 11.8. The fourth-order valence-electron chi connectivity index (χ4n) is 2.81. The molecule has 0 bridgehead atoms. The van der Waals surface area contributed by atoms with Gasteiger partial charge in [0.25, 0.3) is 0 Å². The molecule has 0 fully saturated rings. The minimum atomic E-state index is -0.0717. The molecule has 2 N–H and O–H groups in total. The Morgan fingerprint density at radius 2 is 2.10 bits per heavy atom. The van der Waals surface area contributed by atoms with Crippen molar-refractivity contribution in [3.05, 3.63) is 59.3 Å². The molecule has 2 atom stereocenters. The molecule has 1 aliphatic rings. The molecule has 0 saturated carbocycles. The molecule has 0 amide bonds. The summed E-state index contributed by atoms with van der Waals surface area (Å²) in [6, 6.07) is 12.3. The van der Waals surface area contributed by atoms with E-state index >= 15 is 0 Å². The molecule has 3 rings (SSSR count). The van der Waals surface area contributed by atoms with Gasteiger partial charge in [0.15, 0.2) is 0 Å². The average Bonchev–Trinajstić information content (AvgIpc) is 2.48. The van der Waals surface area contributed by atoms with Crippen LogP contribution in [0.25, 0.3) is 0 Å². The molecule has 104 valence electrons. The fourth-order valence-corrected chi connectivity index (χ4v) is 2.81. The van der Waals surface area contributed by atoms with Crippen molar-refractivity contribution in [2.45, 2.75) is 38.3 Å². The van der Waals surface area contributed by atoms with Crippen LogP contribution in [0.3, 0.4) is 0 Å². The lowest BCUT2D eigenvalue weighted by Gasteiger charge is -2.27. The molecular formula is C17H20N2O. The van der Waals surface area contributed by atoms with Gasteiger partial charge < -0.3 is 10.5 Å². The van der Waals surface area contributed by atoms with Gasteiger partial charge in [0, 0.05) is 17.8 Å². The molecule has 1 unspecified atom stereocenters. The molecule has 0 spiro atoms. The van der Waals surface area contributed by atoms with Crippen molar-refractivity contribution in [3.63, 3.8) is 0 Å². The fraction of sp³-hybridized carbons (Fsp3) is 0.353. The van der Waals surface area contributed by atoms with Crippen molar-refractivity contribution in [3.8, 4) is 5.88 Å². The SMILES string of the molecule is C[C@H](N)c1cccnc1OC1CCCc2ccccc21. The first-order valence-electron chi connectivity index (χ1n) is 7.20. The number of hydrogen-bond acceptors (Lipinski definition) is 3. The van der Waals surface area contributed by atoms with Crippen LogP contribution in [0.1, 0.15) is 48.6 Å². The summed E-state index contributed by atoms with van der Waals surface area (Å²) in [5.41, 5.74) is 9.64. The molecule has 3 nitrogen and oxygen atoms in total. The number of benzene rings is 1. The van der Waals surface area contributed by atoms with E-state index in [1.54, 1.807) is 6.20 Å². The van der Waals surface area contributed by atoms with Gasteiger partial charge in [-0.05, 0) is 43.4 Å². The van der Waals surface area contributed by atoms with Crippen molar-refractivity contribution >= 4 is 0 Å². The lowest BCUT2D eigenvalue weighted by molar-refractivity contribution is 0.173. The Morgan fingerprint density at radius 1 is 1.25 bits per heavy atom. The van der Waals surface area contributed by atoms with Gasteiger partial charge in [0.2, 0.25) is 5.88 Å². The van der Waals surface area contributed by atoms with E-state index < -0.39 is 0 Å². The van der Waals surface area contributed by atoms with Crippen LogP contribution < -0.4 is 10.5 Å². The highest BCUT2D eigenvalue weighted by atomic mass is 16.5. The highest BCUT2D eigenvalue weighted by Gasteiger charge is 2.23. The number of aromatic nitrogens is 1. The highest BCUT2D eigenvalue weighted by Crippen LogP contribution is 2.34. The molecule has 1 aromatic heterocycles. The second-order valence-corrected chi connectivity index (χ2v) is 5.38. The number of pyridine rings is 1. The molecule has 1 heterocycles. The quantitative estimate of drug-likeness (QED) is 0.926. The predicted octanol–water partition coefficient (Wildman–Crippen LogP) is 3.56. The minimum Gasteiger partial charge on any atom is -0.469 e. The van der Waals surface area contributed by atoms with Crippen molar-refractivity contribution in [2.24, 2.45) is 5.73 Å². The molecule has 1 aromatic carbocycles. The summed E-state index contributed by atoms with van der Waals surface area (Å²) >= 11 is 0.